The Balaban J connectivity index is 1.76. The topological polar surface area (TPSA) is 67.4 Å². The molecule has 0 atom stereocenters. The lowest BCUT2D eigenvalue weighted by molar-refractivity contribution is -0.143. The second-order valence-corrected chi connectivity index (χ2v) is 4.75. The Hall–Kier alpha value is -1.88. The molecular formula is C15H20N2O3. The Morgan fingerprint density at radius 1 is 1.30 bits per heavy atom. The summed E-state index contributed by atoms with van der Waals surface area (Å²) in [5, 5.41) is 6.07. The highest BCUT2D eigenvalue weighted by molar-refractivity contribution is 5.94. The van der Waals surface area contributed by atoms with Crippen molar-refractivity contribution in [3.8, 4) is 0 Å². The van der Waals surface area contributed by atoms with Crippen molar-refractivity contribution in [2.45, 2.75) is 32.9 Å². The van der Waals surface area contributed by atoms with Crippen LogP contribution in [0.15, 0.2) is 18.2 Å². The first-order chi connectivity index (χ1) is 9.70. The van der Waals surface area contributed by atoms with Crippen LogP contribution in [0.3, 0.4) is 0 Å². The summed E-state index contributed by atoms with van der Waals surface area (Å²) in [5.41, 5.74) is 3.11. The molecule has 1 aliphatic rings. The molecular weight excluding hydrogens is 256 g/mol. The van der Waals surface area contributed by atoms with E-state index in [9.17, 15) is 9.59 Å². The van der Waals surface area contributed by atoms with Crippen LogP contribution in [0, 0.1) is 0 Å². The molecule has 1 heterocycles. The van der Waals surface area contributed by atoms with Crippen LogP contribution >= 0.6 is 0 Å². The van der Waals surface area contributed by atoms with E-state index in [1.54, 1.807) is 6.92 Å². The molecule has 20 heavy (non-hydrogen) atoms. The van der Waals surface area contributed by atoms with Gasteiger partial charge in [0, 0.05) is 31.6 Å². The number of carbonyl (C=O) groups is 2. The molecule has 108 valence electrons. The predicted octanol–water partition coefficient (Wildman–Crippen LogP) is 1.36. The Labute approximate surface area is 118 Å². The second kappa shape index (κ2) is 7.05. The number of nitrogens with one attached hydrogen (secondary N) is 2. The number of carbonyl (C=O) groups excluding carboxylic acids is 2. The van der Waals surface area contributed by atoms with Gasteiger partial charge in [0.15, 0.2) is 0 Å². The summed E-state index contributed by atoms with van der Waals surface area (Å²) in [6.45, 7) is 4.35. The minimum Gasteiger partial charge on any atom is -0.466 e. The molecule has 0 saturated heterocycles. The van der Waals surface area contributed by atoms with Crippen molar-refractivity contribution in [2.24, 2.45) is 0 Å². The lowest BCUT2D eigenvalue weighted by Gasteiger charge is -2.06. The molecule has 2 rings (SSSR count). The summed E-state index contributed by atoms with van der Waals surface area (Å²) in [6.07, 6.45) is 0.930. The molecule has 0 spiro atoms. The van der Waals surface area contributed by atoms with E-state index in [4.69, 9.17) is 4.74 Å². The van der Waals surface area contributed by atoms with Gasteiger partial charge in [0.25, 0.3) is 5.91 Å². The van der Waals surface area contributed by atoms with Gasteiger partial charge < -0.3 is 15.4 Å². The van der Waals surface area contributed by atoms with Gasteiger partial charge in [-0.3, -0.25) is 9.59 Å². The number of fused-ring (bicyclic) bond motifs is 1. The lowest BCUT2D eigenvalue weighted by atomic mass is 10.1. The van der Waals surface area contributed by atoms with Gasteiger partial charge >= 0.3 is 5.97 Å². The zero-order valence-corrected chi connectivity index (χ0v) is 11.7. The largest absolute Gasteiger partial charge is 0.466 e. The Morgan fingerprint density at radius 3 is 2.90 bits per heavy atom. The first kappa shape index (κ1) is 14.5. The van der Waals surface area contributed by atoms with Gasteiger partial charge in [-0.2, -0.15) is 0 Å². The first-order valence-corrected chi connectivity index (χ1v) is 6.97. The maximum atomic E-state index is 12.0. The Kier molecular flexibility index (Phi) is 5.12. The van der Waals surface area contributed by atoms with Crippen LogP contribution in [0.2, 0.25) is 0 Å². The van der Waals surface area contributed by atoms with E-state index in [1.165, 1.54) is 11.1 Å². The van der Waals surface area contributed by atoms with Gasteiger partial charge in [-0.25, -0.2) is 0 Å². The molecule has 1 amide bonds. The fraction of sp³-hybridized carbons (Fsp3) is 0.467. The molecule has 0 unspecified atom stereocenters. The molecule has 5 nitrogen and oxygen atoms in total. The van der Waals surface area contributed by atoms with Gasteiger partial charge in [-0.1, -0.05) is 6.07 Å². The number of amides is 1. The number of esters is 1. The third-order valence-electron chi connectivity index (χ3n) is 3.25. The van der Waals surface area contributed by atoms with Gasteiger partial charge in [0.05, 0.1) is 6.61 Å². The summed E-state index contributed by atoms with van der Waals surface area (Å²) >= 11 is 0. The number of benzene rings is 1. The summed E-state index contributed by atoms with van der Waals surface area (Å²) in [7, 11) is 0. The fourth-order valence-electron chi connectivity index (χ4n) is 2.21. The van der Waals surface area contributed by atoms with E-state index < -0.39 is 0 Å². The summed E-state index contributed by atoms with van der Waals surface area (Å²) in [6, 6.07) is 5.76. The number of hydrogen-bond acceptors (Lipinski definition) is 4. The molecule has 1 aliphatic heterocycles. The Morgan fingerprint density at radius 2 is 2.10 bits per heavy atom. The highest BCUT2D eigenvalue weighted by atomic mass is 16.5. The molecule has 0 aromatic heterocycles. The summed E-state index contributed by atoms with van der Waals surface area (Å²) in [4.78, 5) is 23.1. The van der Waals surface area contributed by atoms with Crippen molar-refractivity contribution in [2.75, 3.05) is 13.2 Å². The number of ether oxygens (including phenoxy) is 1. The molecule has 0 radical (unpaired) electrons. The average Bonchev–Trinajstić information content (AvgIpc) is 2.91. The maximum absolute atomic E-state index is 12.0. The van der Waals surface area contributed by atoms with Crippen molar-refractivity contribution in [1.29, 1.82) is 0 Å². The number of hydrogen-bond donors (Lipinski definition) is 2. The molecule has 0 bridgehead atoms. The van der Waals surface area contributed by atoms with Crippen molar-refractivity contribution in [3.05, 3.63) is 34.9 Å². The van der Waals surface area contributed by atoms with E-state index in [0.717, 1.165) is 13.1 Å². The van der Waals surface area contributed by atoms with E-state index in [1.807, 2.05) is 18.2 Å². The lowest BCUT2D eigenvalue weighted by Crippen LogP contribution is -2.25. The van der Waals surface area contributed by atoms with Crippen LogP contribution in [0.4, 0.5) is 0 Å². The van der Waals surface area contributed by atoms with Crippen LogP contribution in [-0.4, -0.2) is 25.0 Å². The number of rotatable bonds is 6. The van der Waals surface area contributed by atoms with Crippen LogP contribution < -0.4 is 10.6 Å². The van der Waals surface area contributed by atoms with E-state index in [2.05, 4.69) is 10.6 Å². The zero-order valence-electron chi connectivity index (χ0n) is 11.7. The molecule has 2 N–H and O–H groups in total. The van der Waals surface area contributed by atoms with Crippen LogP contribution in [-0.2, 0) is 22.6 Å². The van der Waals surface area contributed by atoms with E-state index in [0.29, 0.717) is 31.6 Å². The van der Waals surface area contributed by atoms with Gasteiger partial charge in [-0.15, -0.1) is 0 Å². The standard InChI is InChI=1S/C15H20N2O3/c1-2-20-14(18)4-3-7-17-15(19)11-5-6-12-9-16-10-13(12)8-11/h5-6,8,16H,2-4,7,9-10H2,1H3,(H,17,19). The molecule has 0 fully saturated rings. The third kappa shape index (κ3) is 3.81. The monoisotopic (exact) mass is 276 g/mol. The van der Waals surface area contributed by atoms with Gasteiger partial charge in [-0.05, 0) is 36.6 Å². The Bertz CT molecular complexity index is 500. The maximum Gasteiger partial charge on any atom is 0.305 e. The minimum absolute atomic E-state index is 0.0939. The molecule has 1 aromatic carbocycles. The van der Waals surface area contributed by atoms with Crippen LogP contribution in [0.1, 0.15) is 41.3 Å². The molecule has 0 aliphatic carbocycles. The van der Waals surface area contributed by atoms with Crippen molar-refractivity contribution in [1.82, 2.24) is 10.6 Å². The average molecular weight is 276 g/mol. The zero-order chi connectivity index (χ0) is 14.4. The fourth-order valence-corrected chi connectivity index (χ4v) is 2.21. The van der Waals surface area contributed by atoms with Crippen LogP contribution in [0.5, 0.6) is 0 Å². The normalized spacial score (nSPS) is 12.8. The molecule has 5 heteroatoms. The summed E-state index contributed by atoms with van der Waals surface area (Å²) < 4.78 is 4.83. The van der Waals surface area contributed by atoms with Gasteiger partial charge in [0.2, 0.25) is 0 Å². The third-order valence-corrected chi connectivity index (χ3v) is 3.25. The minimum atomic E-state index is -0.217. The smallest absolute Gasteiger partial charge is 0.305 e. The quantitative estimate of drug-likeness (QED) is 0.608. The highest BCUT2D eigenvalue weighted by Crippen LogP contribution is 2.16. The SMILES string of the molecule is CCOC(=O)CCCNC(=O)c1ccc2c(c1)CNC2. The second-order valence-electron chi connectivity index (χ2n) is 4.75. The first-order valence-electron chi connectivity index (χ1n) is 6.97. The van der Waals surface area contributed by atoms with Crippen molar-refractivity contribution >= 4 is 11.9 Å². The van der Waals surface area contributed by atoms with Crippen molar-refractivity contribution < 1.29 is 14.3 Å². The summed E-state index contributed by atoms with van der Waals surface area (Å²) in [5.74, 6) is -0.311. The highest BCUT2D eigenvalue weighted by Gasteiger charge is 2.13. The molecule has 1 aromatic rings. The predicted molar refractivity (Wildman–Crippen MR) is 75.2 cm³/mol. The molecule has 0 saturated carbocycles. The van der Waals surface area contributed by atoms with E-state index in [-0.39, 0.29) is 11.9 Å². The van der Waals surface area contributed by atoms with Crippen molar-refractivity contribution in [3.63, 3.8) is 0 Å². The van der Waals surface area contributed by atoms with Gasteiger partial charge in [0.1, 0.15) is 0 Å². The van der Waals surface area contributed by atoms with E-state index >= 15 is 0 Å². The van der Waals surface area contributed by atoms with Crippen LogP contribution in [0.25, 0.3) is 0 Å².